The quantitative estimate of drug-likeness (QED) is 0.722. The highest BCUT2D eigenvalue weighted by Crippen LogP contribution is 2.19. The molecule has 0 aliphatic heterocycles. The van der Waals surface area contributed by atoms with Crippen LogP contribution in [0.1, 0.15) is 25.0 Å². The topological polar surface area (TPSA) is 54.3 Å². The second-order valence-electron chi connectivity index (χ2n) is 6.27. The molecule has 1 aromatic heterocycles. The molecule has 0 saturated heterocycles. The monoisotopic (exact) mass is 340 g/mol. The molecule has 5 heteroatoms. The third-order valence-electron chi connectivity index (χ3n) is 4.23. The summed E-state index contributed by atoms with van der Waals surface area (Å²) < 4.78 is 14.8. The number of hydrogen-bond acceptors (Lipinski definition) is 2. The Morgan fingerprint density at radius 1 is 1.16 bits per heavy atom. The van der Waals surface area contributed by atoms with E-state index in [0.29, 0.717) is 12.0 Å². The highest BCUT2D eigenvalue weighted by molar-refractivity contribution is 5.83. The van der Waals surface area contributed by atoms with Gasteiger partial charge in [-0.25, -0.2) is 4.39 Å². The van der Waals surface area contributed by atoms with E-state index in [2.05, 4.69) is 5.32 Å². The van der Waals surface area contributed by atoms with Crippen LogP contribution in [0.2, 0.25) is 0 Å². The molecule has 0 saturated carbocycles. The smallest absolute Gasteiger partial charge is 0.240 e. The van der Waals surface area contributed by atoms with Crippen molar-refractivity contribution in [3.8, 4) is 0 Å². The lowest BCUT2D eigenvalue weighted by atomic mass is 10.0. The minimum Gasteiger partial charge on any atom is -0.388 e. The third-order valence-corrected chi connectivity index (χ3v) is 4.23. The zero-order valence-corrected chi connectivity index (χ0v) is 14.0. The summed E-state index contributed by atoms with van der Waals surface area (Å²) in [6.07, 6.45) is 1.51. The second kappa shape index (κ2) is 7.49. The molecule has 130 valence electrons. The largest absolute Gasteiger partial charge is 0.388 e. The molecule has 0 aliphatic rings. The van der Waals surface area contributed by atoms with Crippen molar-refractivity contribution < 1.29 is 14.3 Å². The number of hydrogen-bond donors (Lipinski definition) is 2. The van der Waals surface area contributed by atoms with E-state index in [-0.39, 0.29) is 24.3 Å². The molecule has 0 radical (unpaired) electrons. The zero-order valence-electron chi connectivity index (χ0n) is 14.0. The summed E-state index contributed by atoms with van der Waals surface area (Å²) in [6, 6.07) is 15.4. The van der Waals surface area contributed by atoms with Gasteiger partial charge in [0.25, 0.3) is 0 Å². The number of halogens is 1. The van der Waals surface area contributed by atoms with Crippen molar-refractivity contribution in [3.63, 3.8) is 0 Å². The van der Waals surface area contributed by atoms with Crippen LogP contribution < -0.4 is 5.32 Å². The number of aliphatic hydroxyl groups excluding tert-OH is 1. The zero-order chi connectivity index (χ0) is 17.8. The first-order valence-electron chi connectivity index (χ1n) is 8.29. The van der Waals surface area contributed by atoms with E-state index in [1.807, 2.05) is 48.0 Å². The van der Waals surface area contributed by atoms with Gasteiger partial charge in [0.15, 0.2) is 0 Å². The predicted octanol–water partition coefficient (Wildman–Crippen LogP) is 3.41. The second-order valence-corrected chi connectivity index (χ2v) is 6.27. The van der Waals surface area contributed by atoms with Gasteiger partial charge in [-0.05, 0) is 48.6 Å². The lowest BCUT2D eigenvalue weighted by Crippen LogP contribution is -2.36. The molecule has 1 heterocycles. The van der Waals surface area contributed by atoms with Crippen LogP contribution in [0, 0.1) is 5.82 Å². The van der Waals surface area contributed by atoms with E-state index in [4.69, 9.17) is 0 Å². The van der Waals surface area contributed by atoms with E-state index >= 15 is 0 Å². The fourth-order valence-corrected chi connectivity index (χ4v) is 2.97. The molecule has 0 spiro atoms. The van der Waals surface area contributed by atoms with Crippen molar-refractivity contribution in [2.45, 2.75) is 32.0 Å². The minimum atomic E-state index is -0.747. The number of nitrogens with one attached hydrogen (secondary N) is 1. The van der Waals surface area contributed by atoms with Gasteiger partial charge < -0.3 is 15.0 Å². The molecule has 0 aliphatic carbocycles. The Morgan fingerprint density at radius 3 is 2.64 bits per heavy atom. The van der Waals surface area contributed by atoms with Crippen LogP contribution in [-0.2, 0) is 11.3 Å². The maximum Gasteiger partial charge on any atom is 0.240 e. The molecule has 25 heavy (non-hydrogen) atoms. The fourth-order valence-electron chi connectivity index (χ4n) is 2.97. The van der Waals surface area contributed by atoms with Gasteiger partial charge in [-0.15, -0.1) is 0 Å². The molecule has 2 aromatic carbocycles. The Kier molecular flexibility index (Phi) is 5.14. The van der Waals surface area contributed by atoms with E-state index in [1.54, 1.807) is 12.1 Å². The van der Waals surface area contributed by atoms with Crippen molar-refractivity contribution in [3.05, 3.63) is 72.2 Å². The van der Waals surface area contributed by atoms with E-state index in [1.165, 1.54) is 12.1 Å². The maximum absolute atomic E-state index is 12.9. The number of aliphatic hydroxyl groups is 1. The van der Waals surface area contributed by atoms with E-state index in [0.717, 1.165) is 10.9 Å². The normalized spacial score (nSPS) is 13.6. The van der Waals surface area contributed by atoms with Crippen molar-refractivity contribution >= 4 is 16.8 Å². The number of nitrogens with zero attached hydrogens (tertiary/aromatic N) is 1. The lowest BCUT2D eigenvalue weighted by Gasteiger charge is -2.18. The molecule has 0 bridgehead atoms. The number of carbonyl (C=O) groups is 1. The standard InChI is InChI=1S/C20H21FN2O2/c1-14(12-19(24)16-6-8-17(21)9-7-16)22-20(25)13-23-11-10-15-4-2-3-5-18(15)23/h2-11,14,19,24H,12-13H2,1H3,(H,22,25). The molecule has 3 rings (SSSR count). The summed E-state index contributed by atoms with van der Waals surface area (Å²) in [4.78, 5) is 12.3. The van der Waals surface area contributed by atoms with Crippen LogP contribution in [0.3, 0.4) is 0 Å². The van der Waals surface area contributed by atoms with Crippen molar-refractivity contribution in [2.75, 3.05) is 0 Å². The number of amides is 1. The summed E-state index contributed by atoms with van der Waals surface area (Å²) in [5.74, 6) is -0.448. The third kappa shape index (κ3) is 4.25. The minimum absolute atomic E-state index is 0.111. The molecule has 4 nitrogen and oxygen atoms in total. The Morgan fingerprint density at radius 2 is 1.88 bits per heavy atom. The van der Waals surface area contributed by atoms with Crippen LogP contribution in [0.15, 0.2) is 60.8 Å². The van der Waals surface area contributed by atoms with Crippen LogP contribution in [0.4, 0.5) is 4.39 Å². The van der Waals surface area contributed by atoms with Crippen molar-refractivity contribution in [1.82, 2.24) is 9.88 Å². The van der Waals surface area contributed by atoms with Gasteiger partial charge in [-0.2, -0.15) is 0 Å². The van der Waals surface area contributed by atoms with Crippen molar-refractivity contribution in [2.24, 2.45) is 0 Å². The number of benzene rings is 2. The van der Waals surface area contributed by atoms with Gasteiger partial charge >= 0.3 is 0 Å². The molecule has 1 amide bonds. The summed E-state index contributed by atoms with van der Waals surface area (Å²) in [6.45, 7) is 2.07. The Bertz CT molecular complexity index is 858. The number of fused-ring (bicyclic) bond motifs is 1. The van der Waals surface area contributed by atoms with Crippen LogP contribution in [0.5, 0.6) is 0 Å². The van der Waals surface area contributed by atoms with E-state index in [9.17, 15) is 14.3 Å². The van der Waals surface area contributed by atoms with Gasteiger partial charge in [0.05, 0.1) is 6.10 Å². The average Bonchev–Trinajstić information content (AvgIpc) is 2.98. The van der Waals surface area contributed by atoms with Crippen LogP contribution >= 0.6 is 0 Å². The van der Waals surface area contributed by atoms with Gasteiger partial charge in [0.2, 0.25) is 5.91 Å². The highest BCUT2D eigenvalue weighted by atomic mass is 19.1. The Balaban J connectivity index is 1.56. The molecular weight excluding hydrogens is 319 g/mol. The first-order chi connectivity index (χ1) is 12.0. The molecular formula is C20H21FN2O2. The van der Waals surface area contributed by atoms with Gasteiger partial charge in [-0.3, -0.25) is 4.79 Å². The molecule has 2 N–H and O–H groups in total. The Hall–Kier alpha value is -2.66. The van der Waals surface area contributed by atoms with Gasteiger partial charge in [-0.1, -0.05) is 30.3 Å². The highest BCUT2D eigenvalue weighted by Gasteiger charge is 2.15. The van der Waals surface area contributed by atoms with Gasteiger partial charge in [0.1, 0.15) is 12.4 Å². The lowest BCUT2D eigenvalue weighted by molar-refractivity contribution is -0.122. The summed E-state index contributed by atoms with van der Waals surface area (Å²) in [7, 11) is 0. The number of carbonyl (C=O) groups excluding carboxylic acids is 1. The maximum atomic E-state index is 12.9. The molecule has 2 atom stereocenters. The summed E-state index contributed by atoms with van der Waals surface area (Å²) in [5.41, 5.74) is 1.65. The van der Waals surface area contributed by atoms with Crippen LogP contribution in [-0.4, -0.2) is 21.6 Å². The SMILES string of the molecule is CC(CC(O)c1ccc(F)cc1)NC(=O)Cn1ccc2ccccc21. The molecule has 0 fully saturated rings. The number of rotatable bonds is 6. The molecule has 2 unspecified atom stereocenters. The first-order valence-corrected chi connectivity index (χ1v) is 8.29. The van der Waals surface area contributed by atoms with Crippen LogP contribution in [0.25, 0.3) is 10.9 Å². The Labute approximate surface area is 145 Å². The fraction of sp³-hybridized carbons (Fsp3) is 0.250. The summed E-state index contributed by atoms with van der Waals surface area (Å²) >= 11 is 0. The summed E-state index contributed by atoms with van der Waals surface area (Å²) in [5, 5.41) is 14.2. The predicted molar refractivity (Wildman–Crippen MR) is 95.5 cm³/mol. The van der Waals surface area contributed by atoms with Crippen molar-refractivity contribution in [1.29, 1.82) is 0 Å². The number of para-hydroxylation sites is 1. The number of aromatic nitrogens is 1. The van der Waals surface area contributed by atoms with E-state index < -0.39 is 6.10 Å². The molecule has 3 aromatic rings. The van der Waals surface area contributed by atoms with Gasteiger partial charge in [0, 0.05) is 17.8 Å². The first kappa shape index (κ1) is 17.2. The average molecular weight is 340 g/mol.